The number of nitrogens with one attached hydrogen (secondary N) is 1. The van der Waals surface area contributed by atoms with Gasteiger partial charge >= 0.3 is 0 Å². The van der Waals surface area contributed by atoms with E-state index in [2.05, 4.69) is 17.2 Å². The van der Waals surface area contributed by atoms with Crippen molar-refractivity contribution in [1.29, 1.82) is 0 Å². The van der Waals surface area contributed by atoms with Gasteiger partial charge in [0.25, 0.3) is 0 Å². The standard InChI is InChI=1S/C15H24N2O2/c1-4-5-8-14(13-7-6-9-16-10-13)17-15(18)11-19-12(2)3/h6-7,9-10,12,14H,4-5,8,11H2,1-3H3,(H,17,18)/t14-/m1/s1. The lowest BCUT2D eigenvalue weighted by Crippen LogP contribution is -2.32. The van der Waals surface area contributed by atoms with Crippen molar-refractivity contribution in [2.24, 2.45) is 0 Å². The summed E-state index contributed by atoms with van der Waals surface area (Å²) in [5.41, 5.74) is 1.05. The Balaban J connectivity index is 2.57. The normalized spacial score (nSPS) is 12.4. The topological polar surface area (TPSA) is 51.2 Å². The molecule has 0 aliphatic rings. The second-order valence-corrected chi connectivity index (χ2v) is 4.91. The van der Waals surface area contributed by atoms with Gasteiger partial charge in [0.15, 0.2) is 0 Å². The lowest BCUT2D eigenvalue weighted by Gasteiger charge is -2.19. The summed E-state index contributed by atoms with van der Waals surface area (Å²) in [6.07, 6.45) is 6.72. The fraction of sp³-hybridized carbons (Fsp3) is 0.600. The summed E-state index contributed by atoms with van der Waals surface area (Å²) >= 11 is 0. The Hall–Kier alpha value is -1.42. The van der Waals surface area contributed by atoms with Crippen LogP contribution in [0.1, 0.15) is 51.6 Å². The summed E-state index contributed by atoms with van der Waals surface area (Å²) in [6, 6.07) is 3.92. The van der Waals surface area contributed by atoms with Gasteiger partial charge in [0, 0.05) is 12.4 Å². The van der Waals surface area contributed by atoms with Gasteiger partial charge in [-0.25, -0.2) is 0 Å². The van der Waals surface area contributed by atoms with Crippen LogP contribution in [0.25, 0.3) is 0 Å². The Labute approximate surface area is 115 Å². The van der Waals surface area contributed by atoms with Crippen molar-refractivity contribution in [3.05, 3.63) is 30.1 Å². The number of nitrogens with zero attached hydrogens (tertiary/aromatic N) is 1. The summed E-state index contributed by atoms with van der Waals surface area (Å²) in [4.78, 5) is 16.0. The van der Waals surface area contributed by atoms with Gasteiger partial charge in [0.05, 0.1) is 12.1 Å². The number of hydrogen-bond acceptors (Lipinski definition) is 3. The van der Waals surface area contributed by atoms with Crippen LogP contribution in [-0.4, -0.2) is 23.6 Å². The molecule has 19 heavy (non-hydrogen) atoms. The largest absolute Gasteiger partial charge is 0.369 e. The number of rotatable bonds is 8. The van der Waals surface area contributed by atoms with Crippen LogP contribution in [0.2, 0.25) is 0 Å². The minimum absolute atomic E-state index is 0.0249. The summed E-state index contributed by atoms with van der Waals surface area (Å²) in [6.45, 7) is 6.09. The zero-order chi connectivity index (χ0) is 14.1. The van der Waals surface area contributed by atoms with E-state index in [1.54, 1.807) is 6.20 Å². The van der Waals surface area contributed by atoms with Gasteiger partial charge in [-0.1, -0.05) is 25.8 Å². The van der Waals surface area contributed by atoms with E-state index in [4.69, 9.17) is 4.74 Å². The van der Waals surface area contributed by atoms with Gasteiger partial charge in [0.1, 0.15) is 6.61 Å². The van der Waals surface area contributed by atoms with Crippen molar-refractivity contribution in [1.82, 2.24) is 10.3 Å². The van der Waals surface area contributed by atoms with Crippen LogP contribution in [0.5, 0.6) is 0 Å². The lowest BCUT2D eigenvalue weighted by molar-refractivity contribution is -0.127. The van der Waals surface area contributed by atoms with E-state index in [-0.39, 0.29) is 24.7 Å². The van der Waals surface area contributed by atoms with Gasteiger partial charge in [-0.2, -0.15) is 0 Å². The van der Waals surface area contributed by atoms with E-state index >= 15 is 0 Å². The molecule has 4 nitrogen and oxygen atoms in total. The van der Waals surface area contributed by atoms with Crippen molar-refractivity contribution in [2.75, 3.05) is 6.61 Å². The average molecular weight is 264 g/mol. The molecule has 1 heterocycles. The van der Waals surface area contributed by atoms with Crippen molar-refractivity contribution >= 4 is 5.91 Å². The maximum absolute atomic E-state index is 11.8. The lowest BCUT2D eigenvalue weighted by atomic mass is 10.0. The Morgan fingerprint density at radius 3 is 2.84 bits per heavy atom. The molecule has 1 rings (SSSR count). The summed E-state index contributed by atoms with van der Waals surface area (Å²) in [7, 11) is 0. The first kappa shape index (κ1) is 15.6. The zero-order valence-corrected chi connectivity index (χ0v) is 12.1. The van der Waals surface area contributed by atoms with Crippen LogP contribution in [0.4, 0.5) is 0 Å². The third-order valence-electron chi connectivity index (χ3n) is 2.82. The van der Waals surface area contributed by atoms with Gasteiger partial charge in [-0.15, -0.1) is 0 Å². The van der Waals surface area contributed by atoms with Crippen molar-refractivity contribution in [2.45, 2.75) is 52.2 Å². The van der Waals surface area contributed by atoms with Gasteiger partial charge in [-0.05, 0) is 31.9 Å². The smallest absolute Gasteiger partial charge is 0.246 e. The molecular weight excluding hydrogens is 240 g/mol. The Kier molecular flexibility index (Phi) is 7.11. The van der Waals surface area contributed by atoms with E-state index in [9.17, 15) is 4.79 Å². The molecule has 1 amide bonds. The molecule has 0 saturated carbocycles. The molecule has 106 valence electrons. The van der Waals surface area contributed by atoms with Crippen LogP contribution < -0.4 is 5.32 Å². The number of ether oxygens (including phenoxy) is 1. The molecule has 0 aromatic carbocycles. The Morgan fingerprint density at radius 2 is 2.26 bits per heavy atom. The fourth-order valence-corrected chi connectivity index (χ4v) is 1.79. The van der Waals surface area contributed by atoms with E-state index in [1.807, 2.05) is 32.2 Å². The Bertz CT molecular complexity index is 366. The minimum atomic E-state index is -0.0707. The molecule has 0 unspecified atom stereocenters. The van der Waals surface area contributed by atoms with Crippen LogP contribution in [0.15, 0.2) is 24.5 Å². The van der Waals surface area contributed by atoms with Gasteiger partial charge < -0.3 is 10.1 Å². The van der Waals surface area contributed by atoms with E-state index in [0.717, 1.165) is 24.8 Å². The molecule has 0 aliphatic heterocycles. The SMILES string of the molecule is CCCC[C@@H](NC(=O)COC(C)C)c1cccnc1. The second-order valence-electron chi connectivity index (χ2n) is 4.91. The number of amides is 1. The fourth-order valence-electron chi connectivity index (χ4n) is 1.79. The number of unbranched alkanes of at least 4 members (excludes halogenated alkanes) is 1. The Morgan fingerprint density at radius 1 is 1.47 bits per heavy atom. The van der Waals surface area contributed by atoms with E-state index < -0.39 is 0 Å². The monoisotopic (exact) mass is 264 g/mol. The summed E-state index contributed by atoms with van der Waals surface area (Å²) < 4.78 is 5.32. The highest BCUT2D eigenvalue weighted by molar-refractivity contribution is 5.77. The molecule has 0 spiro atoms. The maximum atomic E-state index is 11.8. The van der Waals surface area contributed by atoms with Crippen LogP contribution in [-0.2, 0) is 9.53 Å². The minimum Gasteiger partial charge on any atom is -0.369 e. The van der Waals surface area contributed by atoms with Crippen molar-refractivity contribution < 1.29 is 9.53 Å². The first-order valence-corrected chi connectivity index (χ1v) is 6.94. The van der Waals surface area contributed by atoms with E-state index in [1.165, 1.54) is 0 Å². The number of pyridine rings is 1. The number of carbonyl (C=O) groups excluding carboxylic acids is 1. The summed E-state index contributed by atoms with van der Waals surface area (Å²) in [5.74, 6) is -0.0707. The van der Waals surface area contributed by atoms with Crippen molar-refractivity contribution in [3.63, 3.8) is 0 Å². The molecule has 1 aromatic rings. The first-order chi connectivity index (χ1) is 9.13. The zero-order valence-electron chi connectivity index (χ0n) is 12.1. The van der Waals surface area contributed by atoms with Crippen LogP contribution in [0.3, 0.4) is 0 Å². The number of aromatic nitrogens is 1. The molecule has 0 bridgehead atoms. The number of hydrogen-bond donors (Lipinski definition) is 1. The predicted octanol–water partition coefficient (Wildman–Crippen LogP) is 2.85. The van der Waals surface area contributed by atoms with E-state index in [0.29, 0.717) is 0 Å². The van der Waals surface area contributed by atoms with Gasteiger partial charge in [0.2, 0.25) is 5.91 Å². The summed E-state index contributed by atoms with van der Waals surface area (Å²) in [5, 5.41) is 3.02. The molecule has 4 heteroatoms. The molecule has 1 atom stereocenters. The van der Waals surface area contributed by atoms with Crippen molar-refractivity contribution in [3.8, 4) is 0 Å². The highest BCUT2D eigenvalue weighted by atomic mass is 16.5. The molecule has 1 aromatic heterocycles. The average Bonchev–Trinajstić information content (AvgIpc) is 2.42. The van der Waals surface area contributed by atoms with Crippen LogP contribution >= 0.6 is 0 Å². The maximum Gasteiger partial charge on any atom is 0.246 e. The molecule has 0 aliphatic carbocycles. The molecular formula is C15H24N2O2. The highest BCUT2D eigenvalue weighted by Crippen LogP contribution is 2.18. The second kappa shape index (κ2) is 8.64. The molecule has 1 N–H and O–H groups in total. The third kappa shape index (κ3) is 6.34. The third-order valence-corrected chi connectivity index (χ3v) is 2.82. The first-order valence-electron chi connectivity index (χ1n) is 6.94. The quantitative estimate of drug-likeness (QED) is 0.785. The van der Waals surface area contributed by atoms with Crippen LogP contribution in [0, 0.1) is 0 Å². The molecule has 0 saturated heterocycles. The van der Waals surface area contributed by atoms with Gasteiger partial charge in [-0.3, -0.25) is 9.78 Å². The predicted molar refractivity (Wildman–Crippen MR) is 75.7 cm³/mol. The molecule has 0 fully saturated rings. The molecule has 0 radical (unpaired) electrons. The number of carbonyl (C=O) groups is 1. The highest BCUT2D eigenvalue weighted by Gasteiger charge is 2.14.